The molecule has 0 aliphatic carbocycles. The number of aromatic nitrogens is 3. The van der Waals surface area contributed by atoms with E-state index in [1.54, 1.807) is 46.0 Å². The largest absolute Gasteiger partial charge is 0.457 e. The molecular weight excluding hydrogens is 548 g/mol. The number of nitrogens with two attached hydrogens (primary N) is 1. The molecule has 1 aliphatic heterocycles. The highest BCUT2D eigenvalue weighted by molar-refractivity contribution is 5.97. The molecule has 2 aromatic carbocycles. The van der Waals surface area contributed by atoms with Gasteiger partial charge in [-0.1, -0.05) is 24.3 Å². The molecule has 3 heterocycles. The first-order valence-corrected chi connectivity index (χ1v) is 14.3. The lowest BCUT2D eigenvalue weighted by atomic mass is 9.98. The number of nitrogens with zero attached hydrogens (tertiary/aromatic N) is 5. The Bertz CT molecular complexity index is 1700. The molecule has 1 fully saturated rings. The summed E-state index contributed by atoms with van der Waals surface area (Å²) < 4.78 is 9.10. The number of imidazole rings is 1. The average Bonchev–Trinajstić information content (AvgIpc) is 3.33. The van der Waals surface area contributed by atoms with Crippen LogP contribution >= 0.6 is 0 Å². The average molecular weight is 583 g/mol. The smallest absolute Gasteiger partial charge is 0.334 e. The van der Waals surface area contributed by atoms with Crippen molar-refractivity contribution in [2.45, 2.75) is 31.7 Å². The van der Waals surface area contributed by atoms with E-state index in [2.05, 4.69) is 4.98 Å². The molecule has 1 atom stereocenters. The zero-order chi connectivity index (χ0) is 30.3. The summed E-state index contributed by atoms with van der Waals surface area (Å²) in [6.45, 7) is 0.438. The minimum absolute atomic E-state index is 0.0337. The molecule has 1 saturated heterocycles. The number of nitriles is 1. The van der Waals surface area contributed by atoms with Crippen molar-refractivity contribution in [2.24, 2.45) is 5.92 Å². The molecule has 222 valence electrons. The van der Waals surface area contributed by atoms with Crippen LogP contribution in [0.5, 0.6) is 11.5 Å². The maximum atomic E-state index is 14.1. The lowest BCUT2D eigenvalue weighted by Crippen LogP contribution is -2.43. The van der Waals surface area contributed by atoms with Crippen molar-refractivity contribution in [3.05, 3.63) is 89.0 Å². The van der Waals surface area contributed by atoms with Gasteiger partial charge in [-0.3, -0.25) is 13.9 Å². The SMILES string of the molecule is N#CC(=CC(CCO)CCO)C(=O)N1CCC[C@@H](n2c(=O)n(-c3ccc(Oc4ccccc4)cc3)c3c(N)nccc32)C1. The second kappa shape index (κ2) is 13.4. The molecule has 4 N–H and O–H groups in total. The van der Waals surface area contributed by atoms with Crippen molar-refractivity contribution in [2.75, 3.05) is 32.0 Å². The summed E-state index contributed by atoms with van der Waals surface area (Å²) in [6.07, 6.45) is 5.05. The molecule has 0 saturated carbocycles. The third-order valence-electron chi connectivity index (χ3n) is 7.69. The molecular formula is C32H34N6O5. The monoisotopic (exact) mass is 582 g/mol. The molecule has 11 heteroatoms. The summed E-state index contributed by atoms with van der Waals surface area (Å²) in [5.41, 5.74) is 7.63. The van der Waals surface area contributed by atoms with E-state index in [9.17, 15) is 25.1 Å². The standard InChI is InChI=1S/C32H34N6O5/c33-20-23(19-22(13-17-39)14-18-40)31(41)36-16-4-5-25(21-36)37-28-12-15-35-30(34)29(28)38(32(37)42)24-8-10-27(11-9-24)43-26-6-2-1-3-7-26/h1-3,6-12,15,19,22,25,39-40H,4-5,13-14,16-18,21H2,(H2,34,35)/t25-/m1/s1. The number of pyridine rings is 1. The fraction of sp³-hybridized carbons (Fsp3) is 0.312. The number of carbonyl (C=O) groups is 1. The van der Waals surface area contributed by atoms with Crippen molar-refractivity contribution in [3.8, 4) is 23.3 Å². The summed E-state index contributed by atoms with van der Waals surface area (Å²) in [6, 6.07) is 19.9. The lowest BCUT2D eigenvalue weighted by molar-refractivity contribution is -0.128. The van der Waals surface area contributed by atoms with Crippen molar-refractivity contribution in [3.63, 3.8) is 0 Å². The zero-order valence-electron chi connectivity index (χ0n) is 23.7. The van der Waals surface area contributed by atoms with Gasteiger partial charge in [-0.05, 0) is 74.1 Å². The number of benzene rings is 2. The Hall–Kier alpha value is -4.92. The molecule has 11 nitrogen and oxygen atoms in total. The van der Waals surface area contributed by atoms with Crippen LogP contribution in [0.15, 0.2) is 83.3 Å². The first kappa shape index (κ1) is 29.6. The highest BCUT2D eigenvalue weighted by Gasteiger charge is 2.30. The Kier molecular flexibility index (Phi) is 9.20. The van der Waals surface area contributed by atoms with Crippen LogP contribution in [-0.2, 0) is 4.79 Å². The number of anilines is 1. The van der Waals surface area contributed by atoms with Crippen LogP contribution in [-0.4, -0.2) is 61.4 Å². The van der Waals surface area contributed by atoms with Crippen LogP contribution in [0.1, 0.15) is 31.7 Å². The van der Waals surface area contributed by atoms with Gasteiger partial charge in [0.05, 0.1) is 17.2 Å². The Morgan fingerprint density at radius 2 is 1.79 bits per heavy atom. The van der Waals surface area contributed by atoms with Gasteiger partial charge in [0.15, 0.2) is 0 Å². The Morgan fingerprint density at radius 3 is 2.47 bits per heavy atom. The minimum Gasteiger partial charge on any atom is -0.457 e. The van der Waals surface area contributed by atoms with Crippen molar-refractivity contribution in [1.29, 1.82) is 5.26 Å². The van der Waals surface area contributed by atoms with E-state index in [1.165, 1.54) is 10.6 Å². The van der Waals surface area contributed by atoms with Gasteiger partial charge in [0, 0.05) is 32.5 Å². The van der Waals surface area contributed by atoms with Crippen LogP contribution < -0.4 is 16.2 Å². The molecule has 5 rings (SSSR count). The highest BCUT2D eigenvalue weighted by Crippen LogP contribution is 2.30. The Balaban J connectivity index is 1.46. The number of aliphatic hydroxyl groups is 2. The molecule has 4 aromatic rings. The van der Waals surface area contributed by atoms with Crippen molar-refractivity contribution in [1.82, 2.24) is 19.0 Å². The number of piperidine rings is 1. The van der Waals surface area contributed by atoms with E-state index in [4.69, 9.17) is 10.5 Å². The number of amides is 1. The molecule has 0 radical (unpaired) electrons. The Morgan fingerprint density at radius 1 is 1.09 bits per heavy atom. The number of ether oxygens (including phenoxy) is 1. The van der Waals surface area contributed by atoms with E-state index in [0.717, 1.165) is 0 Å². The number of nitrogen functional groups attached to an aromatic ring is 1. The molecule has 0 unspecified atom stereocenters. The number of hydrogen-bond acceptors (Lipinski definition) is 8. The van der Waals surface area contributed by atoms with Gasteiger partial charge in [0.2, 0.25) is 0 Å². The summed E-state index contributed by atoms with van der Waals surface area (Å²) in [5.74, 6) is 0.784. The van der Waals surface area contributed by atoms with Crippen molar-refractivity contribution < 1.29 is 19.7 Å². The predicted molar refractivity (Wildman–Crippen MR) is 162 cm³/mol. The van der Waals surface area contributed by atoms with Crippen LogP contribution in [0.4, 0.5) is 5.82 Å². The van der Waals surface area contributed by atoms with Gasteiger partial charge in [-0.15, -0.1) is 0 Å². The van der Waals surface area contributed by atoms with E-state index in [-0.39, 0.29) is 48.8 Å². The molecule has 1 amide bonds. The number of hydrogen-bond donors (Lipinski definition) is 3. The van der Waals surface area contributed by atoms with Crippen LogP contribution in [0.3, 0.4) is 0 Å². The van der Waals surface area contributed by atoms with Crippen LogP contribution in [0.2, 0.25) is 0 Å². The van der Waals surface area contributed by atoms with Gasteiger partial charge >= 0.3 is 5.69 Å². The number of allylic oxidation sites excluding steroid dienone is 1. The molecule has 0 bridgehead atoms. The molecule has 43 heavy (non-hydrogen) atoms. The fourth-order valence-corrected chi connectivity index (χ4v) is 5.62. The third kappa shape index (κ3) is 6.30. The summed E-state index contributed by atoms with van der Waals surface area (Å²) in [5, 5.41) is 28.5. The highest BCUT2D eigenvalue weighted by atomic mass is 16.5. The summed E-state index contributed by atoms with van der Waals surface area (Å²) in [4.78, 5) is 33.3. The third-order valence-corrected chi connectivity index (χ3v) is 7.69. The van der Waals surface area contributed by atoms with E-state index in [1.807, 2.05) is 36.4 Å². The van der Waals surface area contributed by atoms with Gasteiger partial charge < -0.3 is 25.6 Å². The van der Waals surface area contributed by atoms with Gasteiger partial charge in [-0.2, -0.15) is 5.26 Å². The first-order chi connectivity index (χ1) is 20.9. The quantitative estimate of drug-likeness (QED) is 0.189. The molecule has 0 spiro atoms. The fourth-order valence-electron chi connectivity index (χ4n) is 5.62. The predicted octanol–water partition coefficient (Wildman–Crippen LogP) is 3.56. The number of para-hydroxylation sites is 1. The second-order valence-electron chi connectivity index (χ2n) is 10.5. The van der Waals surface area contributed by atoms with E-state index in [0.29, 0.717) is 60.4 Å². The summed E-state index contributed by atoms with van der Waals surface area (Å²) >= 11 is 0. The number of rotatable bonds is 10. The van der Waals surface area contributed by atoms with Gasteiger partial charge in [-0.25, -0.2) is 9.78 Å². The second-order valence-corrected chi connectivity index (χ2v) is 10.5. The Labute approximate surface area is 248 Å². The maximum Gasteiger partial charge on any atom is 0.334 e. The van der Waals surface area contributed by atoms with E-state index < -0.39 is 5.91 Å². The number of aliphatic hydroxyl groups excluding tert-OH is 2. The molecule has 1 aliphatic rings. The lowest BCUT2D eigenvalue weighted by Gasteiger charge is -2.33. The maximum absolute atomic E-state index is 14.1. The number of fused-ring (bicyclic) bond motifs is 1. The molecule has 2 aromatic heterocycles. The van der Waals surface area contributed by atoms with Gasteiger partial charge in [0.1, 0.15) is 34.5 Å². The van der Waals surface area contributed by atoms with Crippen molar-refractivity contribution >= 4 is 22.8 Å². The van der Waals surface area contributed by atoms with E-state index >= 15 is 0 Å². The van der Waals surface area contributed by atoms with Crippen LogP contribution in [0.25, 0.3) is 16.7 Å². The minimum atomic E-state index is -0.431. The first-order valence-electron chi connectivity index (χ1n) is 14.3. The topological polar surface area (TPSA) is 160 Å². The van der Waals surface area contributed by atoms with Gasteiger partial charge in [0.25, 0.3) is 5.91 Å². The summed E-state index contributed by atoms with van der Waals surface area (Å²) in [7, 11) is 0. The zero-order valence-corrected chi connectivity index (χ0v) is 23.7. The number of likely N-dealkylation sites (tertiary alicyclic amines) is 1. The normalized spacial score (nSPS) is 15.5. The van der Waals surface area contributed by atoms with Crippen LogP contribution in [0, 0.1) is 17.2 Å². The number of carbonyl (C=O) groups excluding carboxylic acids is 1.